The summed E-state index contributed by atoms with van der Waals surface area (Å²) in [6.07, 6.45) is 3.45. The lowest BCUT2D eigenvalue weighted by Gasteiger charge is -2.33. The van der Waals surface area contributed by atoms with Crippen LogP contribution in [0, 0.1) is 5.82 Å². The first kappa shape index (κ1) is 23.0. The van der Waals surface area contributed by atoms with E-state index in [1.54, 1.807) is 19.2 Å². The Morgan fingerprint density at radius 1 is 1.31 bits per heavy atom. The van der Waals surface area contributed by atoms with Crippen LogP contribution >= 0.6 is 24.0 Å². The van der Waals surface area contributed by atoms with Gasteiger partial charge < -0.3 is 20.3 Å². The molecule has 1 heterocycles. The van der Waals surface area contributed by atoms with E-state index in [0.29, 0.717) is 18.3 Å². The van der Waals surface area contributed by atoms with Crippen LogP contribution in [0.4, 0.5) is 4.39 Å². The molecule has 1 fully saturated rings. The van der Waals surface area contributed by atoms with Crippen molar-refractivity contribution < 1.29 is 9.13 Å². The van der Waals surface area contributed by atoms with E-state index in [1.807, 2.05) is 6.92 Å². The standard InChI is InChI=1S/C19H31FN4O.HI/c1-4-11-24-12-9-17(10-13-24)23-19(21-3)22-14-15(2)25-18-7-5-16(20)6-8-18;/h5-8,15,17H,4,9-14H2,1-3H3,(H2,21,22,23);1H. The molecule has 0 saturated carbocycles. The molecule has 0 bridgehead atoms. The number of nitrogens with zero attached hydrogens (tertiary/aromatic N) is 2. The minimum atomic E-state index is -0.257. The van der Waals surface area contributed by atoms with Crippen LogP contribution in [0.3, 0.4) is 0 Å². The molecule has 26 heavy (non-hydrogen) atoms. The lowest BCUT2D eigenvalue weighted by molar-refractivity contribution is 0.205. The topological polar surface area (TPSA) is 48.9 Å². The van der Waals surface area contributed by atoms with Crippen LogP contribution in [0.1, 0.15) is 33.1 Å². The molecule has 1 aliphatic rings. The van der Waals surface area contributed by atoms with Crippen molar-refractivity contribution in [2.45, 2.75) is 45.3 Å². The maximum atomic E-state index is 12.9. The Kier molecular flexibility index (Phi) is 10.9. The highest BCUT2D eigenvalue weighted by atomic mass is 127. The molecule has 148 valence electrons. The maximum absolute atomic E-state index is 12.9. The average Bonchev–Trinajstić information content (AvgIpc) is 2.62. The summed E-state index contributed by atoms with van der Waals surface area (Å²) in [6.45, 7) is 8.32. The number of hydrogen-bond acceptors (Lipinski definition) is 3. The third kappa shape index (κ3) is 8.07. The Labute approximate surface area is 173 Å². The summed E-state index contributed by atoms with van der Waals surface area (Å²) in [6, 6.07) is 6.56. The minimum Gasteiger partial charge on any atom is -0.489 e. The third-order valence-corrected chi connectivity index (χ3v) is 4.40. The molecule has 0 aromatic heterocycles. The van der Waals surface area contributed by atoms with Crippen molar-refractivity contribution in [2.75, 3.05) is 33.2 Å². The van der Waals surface area contributed by atoms with Gasteiger partial charge in [0, 0.05) is 26.2 Å². The van der Waals surface area contributed by atoms with Gasteiger partial charge in [-0.05, 0) is 57.0 Å². The quantitative estimate of drug-likeness (QED) is 0.359. The fourth-order valence-corrected chi connectivity index (χ4v) is 3.03. The average molecular weight is 478 g/mol. The van der Waals surface area contributed by atoms with Gasteiger partial charge in [0.05, 0.1) is 6.54 Å². The summed E-state index contributed by atoms with van der Waals surface area (Å²) < 4.78 is 18.7. The second kappa shape index (κ2) is 12.3. The molecule has 1 aromatic carbocycles. The number of halogens is 2. The van der Waals surface area contributed by atoms with Crippen LogP contribution in [0.5, 0.6) is 5.75 Å². The molecular formula is C19H32FIN4O. The normalized spacial score (nSPS) is 17.3. The molecule has 1 aromatic rings. The number of benzene rings is 1. The Balaban J connectivity index is 0.00000338. The van der Waals surface area contributed by atoms with Gasteiger partial charge in [-0.15, -0.1) is 24.0 Å². The molecule has 1 atom stereocenters. The van der Waals surface area contributed by atoms with Gasteiger partial charge in [-0.25, -0.2) is 4.39 Å². The van der Waals surface area contributed by atoms with Crippen LogP contribution < -0.4 is 15.4 Å². The SMILES string of the molecule is CCCN1CCC(NC(=NC)NCC(C)Oc2ccc(F)cc2)CC1.I. The number of hydrogen-bond donors (Lipinski definition) is 2. The zero-order chi connectivity index (χ0) is 18.1. The first-order chi connectivity index (χ1) is 12.1. The van der Waals surface area contributed by atoms with E-state index >= 15 is 0 Å². The smallest absolute Gasteiger partial charge is 0.191 e. The highest BCUT2D eigenvalue weighted by Gasteiger charge is 2.19. The molecule has 0 aliphatic carbocycles. The van der Waals surface area contributed by atoms with Crippen molar-refractivity contribution in [3.63, 3.8) is 0 Å². The summed E-state index contributed by atoms with van der Waals surface area (Å²) in [5.41, 5.74) is 0. The van der Waals surface area contributed by atoms with E-state index in [9.17, 15) is 4.39 Å². The van der Waals surface area contributed by atoms with Crippen LogP contribution in [-0.4, -0.2) is 56.2 Å². The van der Waals surface area contributed by atoms with E-state index in [0.717, 1.165) is 31.9 Å². The van der Waals surface area contributed by atoms with Crippen molar-refractivity contribution in [2.24, 2.45) is 4.99 Å². The zero-order valence-electron chi connectivity index (χ0n) is 16.0. The van der Waals surface area contributed by atoms with Crippen molar-refractivity contribution in [1.29, 1.82) is 0 Å². The Morgan fingerprint density at radius 2 is 1.96 bits per heavy atom. The van der Waals surface area contributed by atoms with Gasteiger partial charge in [0.1, 0.15) is 17.7 Å². The summed E-state index contributed by atoms with van der Waals surface area (Å²) in [7, 11) is 1.78. The van der Waals surface area contributed by atoms with Crippen LogP contribution in [-0.2, 0) is 0 Å². The summed E-state index contributed by atoms with van der Waals surface area (Å²) in [5, 5.41) is 6.81. The number of guanidine groups is 1. The molecule has 2 N–H and O–H groups in total. The van der Waals surface area contributed by atoms with E-state index in [4.69, 9.17) is 4.74 Å². The minimum absolute atomic E-state index is 0. The number of likely N-dealkylation sites (tertiary alicyclic amines) is 1. The van der Waals surface area contributed by atoms with E-state index in [-0.39, 0.29) is 35.9 Å². The Hall–Kier alpha value is -1.09. The molecule has 1 aliphatic heterocycles. The van der Waals surface area contributed by atoms with Crippen molar-refractivity contribution in [3.8, 4) is 5.75 Å². The maximum Gasteiger partial charge on any atom is 0.191 e. The van der Waals surface area contributed by atoms with Crippen LogP contribution in [0.25, 0.3) is 0 Å². The third-order valence-electron chi connectivity index (χ3n) is 4.40. The largest absolute Gasteiger partial charge is 0.489 e. The highest BCUT2D eigenvalue weighted by molar-refractivity contribution is 14.0. The van der Waals surface area contributed by atoms with Crippen molar-refractivity contribution >= 4 is 29.9 Å². The van der Waals surface area contributed by atoms with Crippen LogP contribution in [0.15, 0.2) is 29.3 Å². The number of piperidine rings is 1. The number of rotatable bonds is 7. The number of ether oxygens (including phenoxy) is 1. The summed E-state index contributed by atoms with van der Waals surface area (Å²) in [5.74, 6) is 1.22. The summed E-state index contributed by atoms with van der Waals surface area (Å²) >= 11 is 0. The van der Waals surface area contributed by atoms with Gasteiger partial charge >= 0.3 is 0 Å². The molecule has 1 saturated heterocycles. The van der Waals surface area contributed by atoms with Gasteiger partial charge in [-0.2, -0.15) is 0 Å². The number of aliphatic imine (C=N–C) groups is 1. The van der Waals surface area contributed by atoms with E-state index in [1.165, 1.54) is 25.1 Å². The van der Waals surface area contributed by atoms with E-state index in [2.05, 4.69) is 27.4 Å². The van der Waals surface area contributed by atoms with Gasteiger partial charge in [0.25, 0.3) is 0 Å². The monoisotopic (exact) mass is 478 g/mol. The second-order valence-corrected chi connectivity index (χ2v) is 6.60. The zero-order valence-corrected chi connectivity index (χ0v) is 18.3. The van der Waals surface area contributed by atoms with Gasteiger partial charge in [-0.3, -0.25) is 4.99 Å². The summed E-state index contributed by atoms with van der Waals surface area (Å²) in [4.78, 5) is 6.82. The van der Waals surface area contributed by atoms with Gasteiger partial charge in [-0.1, -0.05) is 6.92 Å². The number of nitrogens with one attached hydrogen (secondary N) is 2. The first-order valence-corrected chi connectivity index (χ1v) is 9.22. The predicted octanol–water partition coefficient (Wildman–Crippen LogP) is 3.25. The Bertz CT molecular complexity index is 533. The van der Waals surface area contributed by atoms with Crippen LogP contribution in [0.2, 0.25) is 0 Å². The molecule has 1 unspecified atom stereocenters. The van der Waals surface area contributed by atoms with Gasteiger partial charge in [0.15, 0.2) is 5.96 Å². The fraction of sp³-hybridized carbons (Fsp3) is 0.632. The lowest BCUT2D eigenvalue weighted by Crippen LogP contribution is -2.50. The molecule has 0 radical (unpaired) electrons. The lowest BCUT2D eigenvalue weighted by atomic mass is 10.1. The van der Waals surface area contributed by atoms with Crippen molar-refractivity contribution in [1.82, 2.24) is 15.5 Å². The van der Waals surface area contributed by atoms with Crippen molar-refractivity contribution in [3.05, 3.63) is 30.1 Å². The second-order valence-electron chi connectivity index (χ2n) is 6.60. The molecule has 5 nitrogen and oxygen atoms in total. The molecule has 2 rings (SSSR count). The van der Waals surface area contributed by atoms with Gasteiger partial charge in [0.2, 0.25) is 0 Å². The predicted molar refractivity (Wildman–Crippen MR) is 116 cm³/mol. The molecular weight excluding hydrogens is 446 g/mol. The van der Waals surface area contributed by atoms with E-state index < -0.39 is 0 Å². The fourth-order valence-electron chi connectivity index (χ4n) is 3.03. The molecule has 0 spiro atoms. The first-order valence-electron chi connectivity index (χ1n) is 9.22. The molecule has 7 heteroatoms. The molecule has 0 amide bonds. The highest BCUT2D eigenvalue weighted by Crippen LogP contribution is 2.13. The Morgan fingerprint density at radius 3 is 2.54 bits per heavy atom.